The zero-order chi connectivity index (χ0) is 14.3. The van der Waals surface area contributed by atoms with E-state index in [0.717, 1.165) is 11.3 Å². The fourth-order valence-electron chi connectivity index (χ4n) is 1.74. The van der Waals surface area contributed by atoms with E-state index >= 15 is 0 Å². The summed E-state index contributed by atoms with van der Waals surface area (Å²) in [5, 5.41) is 0. The molecule has 1 rings (SSSR count). The first-order valence-electron chi connectivity index (χ1n) is 6.46. The van der Waals surface area contributed by atoms with Crippen molar-refractivity contribution in [3.63, 3.8) is 0 Å². The second-order valence-electron chi connectivity index (χ2n) is 4.19. The molecule has 6 heteroatoms. The maximum absolute atomic E-state index is 12.1. The number of nitrogens with two attached hydrogens (primary N) is 1. The summed E-state index contributed by atoms with van der Waals surface area (Å²) < 4.78 is 25.8. The average molecular weight is 302 g/mol. The third-order valence-electron chi connectivity index (χ3n) is 2.74. The van der Waals surface area contributed by atoms with Crippen LogP contribution in [-0.4, -0.2) is 37.3 Å². The molecule has 0 aliphatic rings. The first-order valence-corrected chi connectivity index (χ1v) is 9.05. The van der Waals surface area contributed by atoms with Gasteiger partial charge in [0.1, 0.15) is 0 Å². The van der Waals surface area contributed by atoms with Crippen LogP contribution in [0.5, 0.6) is 0 Å². The topological polar surface area (TPSA) is 63.4 Å². The lowest BCUT2D eigenvalue weighted by Crippen LogP contribution is -2.34. The Morgan fingerprint density at radius 3 is 2.53 bits per heavy atom. The van der Waals surface area contributed by atoms with Crippen LogP contribution >= 0.6 is 11.8 Å². The highest BCUT2D eigenvalue weighted by molar-refractivity contribution is 8.00. The summed E-state index contributed by atoms with van der Waals surface area (Å²) >= 11 is 1.49. The summed E-state index contributed by atoms with van der Waals surface area (Å²) in [6.45, 7) is 4.98. The highest BCUT2D eigenvalue weighted by atomic mass is 32.2. The van der Waals surface area contributed by atoms with Crippen LogP contribution in [-0.2, 0) is 10.0 Å². The van der Waals surface area contributed by atoms with Gasteiger partial charge in [0.05, 0.1) is 5.75 Å². The van der Waals surface area contributed by atoms with E-state index in [1.165, 1.54) is 11.8 Å². The molecule has 0 aliphatic carbocycles. The van der Waals surface area contributed by atoms with Gasteiger partial charge in [0.15, 0.2) is 0 Å². The van der Waals surface area contributed by atoms with Gasteiger partial charge in [0.2, 0.25) is 10.0 Å². The van der Waals surface area contributed by atoms with Gasteiger partial charge in [-0.3, -0.25) is 0 Å². The molecule has 19 heavy (non-hydrogen) atoms. The fourth-order valence-corrected chi connectivity index (χ4v) is 4.66. The third kappa shape index (κ3) is 5.04. The van der Waals surface area contributed by atoms with E-state index in [9.17, 15) is 8.42 Å². The molecule has 0 atom stereocenters. The number of para-hydroxylation sites is 1. The van der Waals surface area contributed by atoms with Gasteiger partial charge >= 0.3 is 0 Å². The Balaban J connectivity index is 2.54. The number of thioether (sulfide) groups is 1. The largest absolute Gasteiger partial charge is 0.398 e. The molecule has 0 radical (unpaired) electrons. The summed E-state index contributed by atoms with van der Waals surface area (Å²) in [7, 11) is -3.15. The van der Waals surface area contributed by atoms with E-state index in [2.05, 4.69) is 0 Å². The first-order chi connectivity index (χ1) is 9.01. The summed E-state index contributed by atoms with van der Waals surface area (Å²) in [5.41, 5.74) is 6.52. The predicted octanol–water partition coefficient (Wildman–Crippen LogP) is 2.42. The Morgan fingerprint density at radius 2 is 1.95 bits per heavy atom. The van der Waals surface area contributed by atoms with Gasteiger partial charge < -0.3 is 5.73 Å². The highest BCUT2D eigenvalue weighted by Gasteiger charge is 2.19. The van der Waals surface area contributed by atoms with E-state index in [1.807, 2.05) is 38.1 Å². The number of sulfonamides is 1. The minimum atomic E-state index is -3.15. The number of hydrogen-bond donors (Lipinski definition) is 1. The molecule has 1 aromatic rings. The zero-order valence-electron chi connectivity index (χ0n) is 11.5. The SMILES string of the molecule is CCCN(CC)S(=O)(=O)CCSc1ccccc1N. The Kier molecular flexibility index (Phi) is 6.68. The summed E-state index contributed by atoms with van der Waals surface area (Å²) in [5.74, 6) is 0.677. The van der Waals surface area contributed by atoms with Crippen LogP contribution in [0.2, 0.25) is 0 Å². The number of anilines is 1. The van der Waals surface area contributed by atoms with Crippen molar-refractivity contribution >= 4 is 27.5 Å². The van der Waals surface area contributed by atoms with Gasteiger partial charge in [-0.2, -0.15) is 0 Å². The van der Waals surface area contributed by atoms with Crippen LogP contribution in [0, 0.1) is 0 Å². The maximum atomic E-state index is 12.1. The molecule has 4 nitrogen and oxygen atoms in total. The van der Waals surface area contributed by atoms with Crippen molar-refractivity contribution in [1.82, 2.24) is 4.31 Å². The summed E-state index contributed by atoms with van der Waals surface area (Å²) in [4.78, 5) is 0.941. The van der Waals surface area contributed by atoms with Gasteiger partial charge in [-0.05, 0) is 18.6 Å². The summed E-state index contributed by atoms with van der Waals surface area (Å²) in [6, 6.07) is 7.52. The van der Waals surface area contributed by atoms with Crippen molar-refractivity contribution in [2.45, 2.75) is 25.2 Å². The van der Waals surface area contributed by atoms with E-state index in [1.54, 1.807) is 4.31 Å². The molecule has 0 unspecified atom stereocenters. The lowest BCUT2D eigenvalue weighted by molar-refractivity contribution is 0.428. The van der Waals surface area contributed by atoms with Crippen molar-refractivity contribution in [1.29, 1.82) is 0 Å². The second kappa shape index (κ2) is 7.77. The minimum absolute atomic E-state index is 0.153. The van der Waals surface area contributed by atoms with Crippen LogP contribution in [0.4, 0.5) is 5.69 Å². The molecule has 2 N–H and O–H groups in total. The number of rotatable bonds is 8. The Bertz CT molecular complexity index is 489. The first kappa shape index (κ1) is 16.3. The van der Waals surface area contributed by atoms with Crippen LogP contribution in [0.1, 0.15) is 20.3 Å². The van der Waals surface area contributed by atoms with Crippen molar-refractivity contribution in [3.05, 3.63) is 24.3 Å². The van der Waals surface area contributed by atoms with Crippen LogP contribution in [0.3, 0.4) is 0 Å². The Morgan fingerprint density at radius 1 is 1.26 bits per heavy atom. The quantitative estimate of drug-likeness (QED) is 0.592. The van der Waals surface area contributed by atoms with Gasteiger partial charge in [-0.15, -0.1) is 11.8 Å². The van der Waals surface area contributed by atoms with E-state index in [4.69, 9.17) is 5.73 Å². The molecule has 0 aliphatic heterocycles. The molecular formula is C13H22N2O2S2. The van der Waals surface area contributed by atoms with Crippen LogP contribution in [0.15, 0.2) is 29.2 Å². The van der Waals surface area contributed by atoms with Crippen LogP contribution < -0.4 is 5.73 Å². The van der Waals surface area contributed by atoms with Gasteiger partial charge in [0, 0.05) is 29.4 Å². The van der Waals surface area contributed by atoms with Gasteiger partial charge in [-0.25, -0.2) is 12.7 Å². The van der Waals surface area contributed by atoms with Crippen molar-refractivity contribution in [3.8, 4) is 0 Å². The van der Waals surface area contributed by atoms with E-state index < -0.39 is 10.0 Å². The Hall–Kier alpha value is -0.720. The van der Waals surface area contributed by atoms with Crippen molar-refractivity contribution in [2.24, 2.45) is 0 Å². The lowest BCUT2D eigenvalue weighted by atomic mass is 10.3. The second-order valence-corrected chi connectivity index (χ2v) is 7.42. The molecule has 0 fully saturated rings. The molecule has 0 bridgehead atoms. The standard InChI is InChI=1S/C13H22N2O2S2/c1-3-9-15(4-2)19(16,17)11-10-18-13-8-6-5-7-12(13)14/h5-8H,3-4,9-11,14H2,1-2H3. The molecule has 0 saturated carbocycles. The predicted molar refractivity (Wildman–Crippen MR) is 82.9 cm³/mol. The smallest absolute Gasteiger partial charge is 0.214 e. The molecule has 0 heterocycles. The third-order valence-corrected chi connectivity index (χ3v) is 6.03. The monoisotopic (exact) mass is 302 g/mol. The van der Waals surface area contributed by atoms with Crippen molar-refractivity contribution < 1.29 is 8.42 Å². The normalized spacial score (nSPS) is 11.9. The van der Waals surface area contributed by atoms with E-state index in [0.29, 0.717) is 24.5 Å². The van der Waals surface area contributed by atoms with E-state index in [-0.39, 0.29) is 5.75 Å². The molecule has 0 aromatic heterocycles. The minimum Gasteiger partial charge on any atom is -0.398 e. The van der Waals surface area contributed by atoms with Crippen molar-refractivity contribution in [2.75, 3.05) is 30.3 Å². The number of nitrogen functional groups attached to an aromatic ring is 1. The maximum Gasteiger partial charge on any atom is 0.214 e. The lowest BCUT2D eigenvalue weighted by Gasteiger charge is -2.19. The highest BCUT2D eigenvalue weighted by Crippen LogP contribution is 2.24. The van der Waals surface area contributed by atoms with Crippen LogP contribution in [0.25, 0.3) is 0 Å². The zero-order valence-corrected chi connectivity index (χ0v) is 13.1. The summed E-state index contributed by atoms with van der Waals surface area (Å²) in [6.07, 6.45) is 0.839. The molecule has 0 amide bonds. The fraction of sp³-hybridized carbons (Fsp3) is 0.538. The average Bonchev–Trinajstić information content (AvgIpc) is 2.38. The Labute approximate surface area is 120 Å². The number of benzene rings is 1. The van der Waals surface area contributed by atoms with Gasteiger partial charge in [0.25, 0.3) is 0 Å². The number of hydrogen-bond acceptors (Lipinski definition) is 4. The molecule has 0 spiro atoms. The van der Waals surface area contributed by atoms with Gasteiger partial charge in [-0.1, -0.05) is 26.0 Å². The molecular weight excluding hydrogens is 280 g/mol. The molecule has 0 saturated heterocycles. The molecule has 1 aromatic carbocycles. The molecule has 108 valence electrons. The number of nitrogens with zero attached hydrogens (tertiary/aromatic N) is 1.